The Bertz CT molecular complexity index is 565. The number of fused-ring (bicyclic) bond motifs is 1. The number of ether oxygens (including phenoxy) is 1. The second-order valence-corrected chi connectivity index (χ2v) is 8.25. The van der Waals surface area contributed by atoms with E-state index in [0.717, 1.165) is 19.3 Å². The number of ketones is 1. The van der Waals surface area contributed by atoms with Crippen molar-refractivity contribution in [2.24, 2.45) is 5.41 Å². The molecule has 0 aromatic heterocycles. The van der Waals surface area contributed by atoms with E-state index in [9.17, 15) is 19.5 Å². The maximum absolute atomic E-state index is 12.4. The van der Waals surface area contributed by atoms with Gasteiger partial charge in [-0.15, -0.1) is 6.58 Å². The van der Waals surface area contributed by atoms with Crippen molar-refractivity contribution in [3.05, 3.63) is 12.7 Å². The number of aliphatic carboxylic acids is 1. The highest BCUT2D eigenvalue weighted by atomic mass is 16.6. The van der Waals surface area contributed by atoms with Gasteiger partial charge in [-0.05, 0) is 58.3 Å². The van der Waals surface area contributed by atoms with E-state index >= 15 is 0 Å². The fraction of sp³-hybridized carbons (Fsp3) is 0.737. The summed E-state index contributed by atoms with van der Waals surface area (Å²) in [5.74, 6) is -0.806. The van der Waals surface area contributed by atoms with E-state index in [4.69, 9.17) is 4.74 Å². The Hall–Kier alpha value is -1.85. The quantitative estimate of drug-likeness (QED) is 0.534. The summed E-state index contributed by atoms with van der Waals surface area (Å²) in [4.78, 5) is 37.4. The van der Waals surface area contributed by atoms with Crippen LogP contribution in [0.1, 0.15) is 65.7 Å². The number of likely N-dealkylation sites (tertiary alicyclic amines) is 1. The van der Waals surface area contributed by atoms with Crippen LogP contribution in [-0.4, -0.2) is 45.5 Å². The first-order valence-corrected chi connectivity index (χ1v) is 8.96. The van der Waals surface area contributed by atoms with E-state index in [1.807, 2.05) is 0 Å². The maximum atomic E-state index is 12.4. The Balaban J connectivity index is 1.96. The third-order valence-corrected chi connectivity index (χ3v) is 5.07. The molecular weight excluding hydrogens is 322 g/mol. The number of Topliss-reactive ketones (excluding diaryl/α,β-unsaturated/α-hetero) is 1. The molecular formula is C19H29NO5. The summed E-state index contributed by atoms with van der Waals surface area (Å²) in [5.41, 5.74) is -0.893. The van der Waals surface area contributed by atoms with Gasteiger partial charge in [0.25, 0.3) is 0 Å². The standard InChI is InChI=1S/C19H29NO5/c1-5-6-7-8-13(21)9-10-19-11-14(16(22)23)20(15(19)12-19)17(24)25-18(2,3)4/h5,14-15H,1,6-12H2,2-4H3,(H,22,23)/t14-,15+,19-/m0/s1. The third-order valence-electron chi connectivity index (χ3n) is 5.07. The van der Waals surface area contributed by atoms with Gasteiger partial charge in [0.1, 0.15) is 17.4 Å². The van der Waals surface area contributed by atoms with Gasteiger partial charge in [-0.25, -0.2) is 9.59 Å². The molecule has 1 saturated heterocycles. The molecule has 3 atom stereocenters. The van der Waals surface area contributed by atoms with Crippen molar-refractivity contribution in [3.8, 4) is 0 Å². The average Bonchev–Trinajstić information content (AvgIpc) is 3.08. The lowest BCUT2D eigenvalue weighted by molar-refractivity contribution is -0.142. The lowest BCUT2D eigenvalue weighted by atomic mass is 9.92. The zero-order valence-corrected chi connectivity index (χ0v) is 15.4. The van der Waals surface area contributed by atoms with E-state index in [1.165, 1.54) is 4.90 Å². The predicted octanol–water partition coefficient (Wildman–Crippen LogP) is 3.54. The van der Waals surface area contributed by atoms with Gasteiger partial charge in [0.15, 0.2) is 0 Å². The monoisotopic (exact) mass is 351 g/mol. The Labute approximate surface area is 149 Å². The van der Waals surface area contributed by atoms with Crippen LogP contribution >= 0.6 is 0 Å². The third kappa shape index (κ3) is 4.61. The molecule has 0 spiro atoms. The number of nitrogens with zero attached hydrogens (tertiary/aromatic N) is 1. The number of hydrogen-bond acceptors (Lipinski definition) is 4. The summed E-state index contributed by atoms with van der Waals surface area (Å²) in [6.45, 7) is 8.93. The molecule has 0 radical (unpaired) electrons. The number of unbranched alkanes of at least 4 members (excludes halogenated alkanes) is 1. The van der Waals surface area contributed by atoms with Crippen LogP contribution in [0.25, 0.3) is 0 Å². The molecule has 140 valence electrons. The number of carboxylic acid groups (broad SMARTS) is 1. The molecule has 0 aromatic carbocycles. The van der Waals surface area contributed by atoms with Gasteiger partial charge in [0.2, 0.25) is 0 Å². The van der Waals surface area contributed by atoms with Crippen LogP contribution in [0.15, 0.2) is 12.7 Å². The molecule has 6 heteroatoms. The van der Waals surface area contributed by atoms with Crippen LogP contribution in [-0.2, 0) is 14.3 Å². The number of piperidine rings is 1. The summed E-state index contributed by atoms with van der Waals surface area (Å²) in [6, 6.07) is -0.978. The summed E-state index contributed by atoms with van der Waals surface area (Å²) in [7, 11) is 0. The van der Waals surface area contributed by atoms with Gasteiger partial charge in [-0.1, -0.05) is 6.08 Å². The van der Waals surface area contributed by atoms with Gasteiger partial charge in [0.05, 0.1) is 0 Å². The fourth-order valence-corrected chi connectivity index (χ4v) is 3.74. The summed E-state index contributed by atoms with van der Waals surface area (Å²) >= 11 is 0. The van der Waals surface area contributed by atoms with Crippen LogP contribution in [0.5, 0.6) is 0 Å². The molecule has 0 bridgehead atoms. The predicted molar refractivity (Wildman–Crippen MR) is 93.2 cm³/mol. The first kappa shape index (κ1) is 19.5. The second-order valence-electron chi connectivity index (χ2n) is 8.25. The molecule has 1 N–H and O–H groups in total. The molecule has 1 aliphatic carbocycles. The van der Waals surface area contributed by atoms with Crippen LogP contribution in [0.3, 0.4) is 0 Å². The number of rotatable bonds is 8. The van der Waals surface area contributed by atoms with E-state index in [2.05, 4.69) is 6.58 Å². The van der Waals surface area contributed by atoms with Crippen LogP contribution in [0.4, 0.5) is 4.79 Å². The van der Waals surface area contributed by atoms with E-state index in [0.29, 0.717) is 25.7 Å². The lowest BCUT2D eigenvalue weighted by Crippen LogP contribution is -2.45. The minimum absolute atomic E-state index is 0.121. The van der Waals surface area contributed by atoms with Gasteiger partial charge in [-0.3, -0.25) is 9.69 Å². The lowest BCUT2D eigenvalue weighted by Gasteiger charge is -2.28. The van der Waals surface area contributed by atoms with Crippen molar-refractivity contribution in [2.75, 3.05) is 0 Å². The van der Waals surface area contributed by atoms with Crippen LogP contribution in [0.2, 0.25) is 0 Å². The van der Waals surface area contributed by atoms with Crippen molar-refractivity contribution < 1.29 is 24.2 Å². The Kier molecular flexibility index (Phi) is 5.59. The molecule has 6 nitrogen and oxygen atoms in total. The van der Waals surface area contributed by atoms with Crippen molar-refractivity contribution in [2.45, 2.75) is 83.4 Å². The Morgan fingerprint density at radius 1 is 1.28 bits per heavy atom. The highest BCUT2D eigenvalue weighted by molar-refractivity contribution is 5.83. The highest BCUT2D eigenvalue weighted by Gasteiger charge is 2.67. The smallest absolute Gasteiger partial charge is 0.411 e. The average molecular weight is 351 g/mol. The topological polar surface area (TPSA) is 83.9 Å². The Morgan fingerprint density at radius 2 is 1.96 bits per heavy atom. The number of amides is 1. The molecule has 0 unspecified atom stereocenters. The second kappa shape index (κ2) is 7.18. The van der Waals surface area contributed by atoms with Crippen LogP contribution < -0.4 is 0 Å². The van der Waals surface area contributed by atoms with Gasteiger partial charge in [0, 0.05) is 18.9 Å². The molecule has 2 aliphatic rings. The first-order valence-electron chi connectivity index (χ1n) is 8.96. The zero-order chi connectivity index (χ0) is 18.8. The van der Waals surface area contributed by atoms with Gasteiger partial charge >= 0.3 is 12.1 Å². The summed E-state index contributed by atoms with van der Waals surface area (Å²) < 4.78 is 5.38. The largest absolute Gasteiger partial charge is 0.480 e. The Morgan fingerprint density at radius 3 is 2.52 bits per heavy atom. The molecule has 1 amide bonds. The van der Waals surface area contributed by atoms with Gasteiger partial charge < -0.3 is 9.84 Å². The SMILES string of the molecule is C=CCCCC(=O)CC[C@@]12C[C@@H](C(=O)O)N(C(=O)OC(C)(C)C)[C@@H]1C2. The van der Waals surface area contributed by atoms with Crippen molar-refractivity contribution >= 4 is 17.8 Å². The molecule has 1 aliphatic heterocycles. The number of hydrogen-bond donors (Lipinski definition) is 1. The summed E-state index contributed by atoms with van der Waals surface area (Å²) in [5, 5.41) is 9.48. The number of carbonyl (C=O) groups is 3. The van der Waals surface area contributed by atoms with Crippen molar-refractivity contribution in [1.82, 2.24) is 4.90 Å². The number of carboxylic acids is 1. The number of carbonyl (C=O) groups excluding carboxylic acids is 2. The molecule has 1 heterocycles. The van der Waals surface area contributed by atoms with Gasteiger partial charge in [-0.2, -0.15) is 0 Å². The first-order chi connectivity index (χ1) is 11.6. The molecule has 2 fully saturated rings. The fourth-order valence-electron chi connectivity index (χ4n) is 3.74. The normalized spacial score (nSPS) is 27.6. The zero-order valence-electron chi connectivity index (χ0n) is 15.4. The number of allylic oxidation sites excluding steroid dienone is 1. The van der Waals surface area contributed by atoms with E-state index in [-0.39, 0.29) is 17.2 Å². The highest BCUT2D eigenvalue weighted by Crippen LogP contribution is 2.62. The molecule has 1 saturated carbocycles. The molecule has 0 aromatic rings. The van der Waals surface area contributed by atoms with Crippen molar-refractivity contribution in [1.29, 1.82) is 0 Å². The summed E-state index contributed by atoms with van der Waals surface area (Å²) in [6.07, 6.45) is 5.66. The minimum Gasteiger partial charge on any atom is -0.480 e. The van der Waals surface area contributed by atoms with Crippen LogP contribution in [0, 0.1) is 5.41 Å². The maximum Gasteiger partial charge on any atom is 0.411 e. The molecule has 25 heavy (non-hydrogen) atoms. The minimum atomic E-state index is -1.00. The molecule has 2 rings (SSSR count). The van der Waals surface area contributed by atoms with E-state index in [1.54, 1.807) is 26.8 Å². The van der Waals surface area contributed by atoms with E-state index < -0.39 is 23.7 Å². The van der Waals surface area contributed by atoms with Crippen molar-refractivity contribution in [3.63, 3.8) is 0 Å².